The van der Waals surface area contributed by atoms with Crippen LogP contribution in [0, 0.1) is 11.8 Å². The van der Waals surface area contributed by atoms with E-state index in [4.69, 9.17) is 4.74 Å². The second-order valence-corrected chi connectivity index (χ2v) is 6.74. The molecule has 0 unspecified atom stereocenters. The number of amides is 1. The highest BCUT2D eigenvalue weighted by molar-refractivity contribution is 5.96. The molecule has 5 heteroatoms. The number of hydrogen-bond acceptors (Lipinski definition) is 3. The molecule has 148 valence electrons. The van der Waals surface area contributed by atoms with Crippen LogP contribution in [0.3, 0.4) is 0 Å². The quantitative estimate of drug-likeness (QED) is 0.472. The lowest BCUT2D eigenvalue weighted by atomic mass is 10.0. The Labute approximate surface area is 175 Å². The van der Waals surface area contributed by atoms with Crippen LogP contribution in [-0.2, 0) is 4.79 Å². The molecule has 0 aliphatic rings. The number of pyridine rings is 1. The van der Waals surface area contributed by atoms with Crippen LogP contribution in [0.2, 0.25) is 0 Å². The van der Waals surface area contributed by atoms with Crippen LogP contribution in [-0.4, -0.2) is 22.4 Å². The summed E-state index contributed by atoms with van der Waals surface area (Å²) in [7, 11) is 0. The lowest BCUT2D eigenvalue weighted by molar-refractivity contribution is -0.115. The fraction of sp³-hybridized carbons (Fsp3) is 0.120. The Hall–Kier alpha value is -4.04. The summed E-state index contributed by atoms with van der Waals surface area (Å²) in [6.07, 6.45) is 4.45. The third-order valence-electron chi connectivity index (χ3n) is 4.55. The van der Waals surface area contributed by atoms with Gasteiger partial charge in [0, 0.05) is 41.4 Å². The first kappa shape index (κ1) is 19.3. The summed E-state index contributed by atoms with van der Waals surface area (Å²) in [4.78, 5) is 19.4. The van der Waals surface area contributed by atoms with E-state index in [1.807, 2.05) is 67.6 Å². The van der Waals surface area contributed by atoms with Gasteiger partial charge in [0.1, 0.15) is 17.1 Å². The number of aromatic amines is 1. The van der Waals surface area contributed by atoms with E-state index in [1.54, 1.807) is 12.4 Å². The molecule has 0 aliphatic carbocycles. The van der Waals surface area contributed by atoms with Gasteiger partial charge in [0.2, 0.25) is 0 Å². The SMILES string of the molecule is CCCNC(=O)C#Cc1c[nH]c2ncc(-c3ccccc3Oc3ccccc3)cc12. The molecule has 2 N–H and O–H groups in total. The highest BCUT2D eigenvalue weighted by Gasteiger charge is 2.11. The average Bonchev–Trinajstić information content (AvgIpc) is 3.19. The predicted octanol–water partition coefficient (Wildman–Crippen LogP) is 4.90. The number of nitrogens with one attached hydrogen (secondary N) is 2. The molecule has 0 saturated carbocycles. The summed E-state index contributed by atoms with van der Waals surface area (Å²) in [5, 5.41) is 3.61. The molecule has 0 atom stereocenters. The van der Waals surface area contributed by atoms with E-state index < -0.39 is 0 Å². The Morgan fingerprint density at radius 1 is 1.13 bits per heavy atom. The number of ether oxygens (including phenoxy) is 1. The van der Waals surface area contributed by atoms with Crippen molar-refractivity contribution in [3.05, 3.63) is 78.6 Å². The lowest BCUT2D eigenvalue weighted by Crippen LogP contribution is -2.21. The van der Waals surface area contributed by atoms with Crippen LogP contribution in [0.15, 0.2) is 73.1 Å². The van der Waals surface area contributed by atoms with Crippen LogP contribution in [0.5, 0.6) is 11.5 Å². The monoisotopic (exact) mass is 395 g/mol. The van der Waals surface area contributed by atoms with Crippen molar-refractivity contribution in [3.63, 3.8) is 0 Å². The van der Waals surface area contributed by atoms with Gasteiger partial charge in [-0.15, -0.1) is 0 Å². The van der Waals surface area contributed by atoms with Gasteiger partial charge in [-0.1, -0.05) is 49.2 Å². The van der Waals surface area contributed by atoms with E-state index in [0.717, 1.165) is 45.6 Å². The molecule has 0 saturated heterocycles. The Morgan fingerprint density at radius 2 is 1.93 bits per heavy atom. The molecule has 2 aromatic heterocycles. The van der Waals surface area contributed by atoms with Gasteiger partial charge in [0.05, 0.1) is 5.56 Å². The van der Waals surface area contributed by atoms with E-state index in [-0.39, 0.29) is 5.91 Å². The van der Waals surface area contributed by atoms with Crippen LogP contribution in [0.4, 0.5) is 0 Å². The van der Waals surface area contributed by atoms with Crippen molar-refractivity contribution in [3.8, 4) is 34.5 Å². The maximum absolute atomic E-state index is 11.8. The first-order valence-corrected chi connectivity index (χ1v) is 9.84. The number of nitrogens with zero attached hydrogens (tertiary/aromatic N) is 1. The van der Waals surface area contributed by atoms with Gasteiger partial charge >= 0.3 is 0 Å². The van der Waals surface area contributed by atoms with Crippen molar-refractivity contribution in [2.45, 2.75) is 13.3 Å². The fourth-order valence-corrected chi connectivity index (χ4v) is 3.07. The minimum atomic E-state index is -0.281. The van der Waals surface area contributed by atoms with Crippen molar-refractivity contribution in [1.82, 2.24) is 15.3 Å². The molecule has 4 aromatic rings. The molecular weight excluding hydrogens is 374 g/mol. The summed E-state index contributed by atoms with van der Waals surface area (Å²) in [5.74, 6) is 6.82. The van der Waals surface area contributed by atoms with Crippen LogP contribution in [0.25, 0.3) is 22.2 Å². The summed E-state index contributed by atoms with van der Waals surface area (Å²) >= 11 is 0. The first-order chi connectivity index (χ1) is 14.7. The lowest BCUT2D eigenvalue weighted by Gasteiger charge is -2.11. The molecule has 4 rings (SSSR count). The van der Waals surface area contributed by atoms with E-state index in [2.05, 4.69) is 27.1 Å². The minimum absolute atomic E-state index is 0.281. The largest absolute Gasteiger partial charge is 0.457 e. The van der Waals surface area contributed by atoms with Gasteiger partial charge < -0.3 is 15.0 Å². The van der Waals surface area contributed by atoms with Gasteiger partial charge in [0.15, 0.2) is 0 Å². The zero-order valence-corrected chi connectivity index (χ0v) is 16.6. The smallest absolute Gasteiger partial charge is 0.296 e. The topological polar surface area (TPSA) is 67.0 Å². The number of aromatic nitrogens is 2. The molecule has 0 spiro atoms. The third-order valence-corrected chi connectivity index (χ3v) is 4.55. The number of para-hydroxylation sites is 2. The van der Waals surface area contributed by atoms with Crippen molar-refractivity contribution in [2.24, 2.45) is 0 Å². The van der Waals surface area contributed by atoms with Gasteiger partial charge in [0.25, 0.3) is 5.91 Å². The summed E-state index contributed by atoms with van der Waals surface area (Å²) in [6.45, 7) is 2.62. The van der Waals surface area contributed by atoms with Crippen LogP contribution in [0.1, 0.15) is 18.9 Å². The number of H-pyrrole nitrogens is 1. The van der Waals surface area contributed by atoms with E-state index in [1.165, 1.54) is 0 Å². The average molecular weight is 395 g/mol. The molecule has 2 heterocycles. The summed E-state index contributed by atoms with van der Waals surface area (Å²) in [6, 6.07) is 19.5. The standard InChI is InChI=1S/C25H21N3O2/c1-2-14-26-24(29)13-12-18-16-27-25-22(18)15-19(17-28-25)21-10-6-7-11-23(21)30-20-8-4-3-5-9-20/h3-11,15-17H,2,14H2,1H3,(H,26,29)(H,27,28). The molecule has 2 aromatic carbocycles. The van der Waals surface area contributed by atoms with Crippen LogP contribution < -0.4 is 10.1 Å². The van der Waals surface area contributed by atoms with E-state index >= 15 is 0 Å². The molecular formula is C25H21N3O2. The van der Waals surface area contributed by atoms with Gasteiger partial charge in [-0.25, -0.2) is 4.98 Å². The van der Waals surface area contributed by atoms with Crippen molar-refractivity contribution < 1.29 is 9.53 Å². The van der Waals surface area contributed by atoms with Crippen LogP contribution >= 0.6 is 0 Å². The Morgan fingerprint density at radius 3 is 2.77 bits per heavy atom. The fourth-order valence-electron chi connectivity index (χ4n) is 3.07. The van der Waals surface area contributed by atoms with Gasteiger partial charge in [-0.3, -0.25) is 4.79 Å². The highest BCUT2D eigenvalue weighted by atomic mass is 16.5. The van der Waals surface area contributed by atoms with Crippen molar-refractivity contribution in [1.29, 1.82) is 0 Å². The number of benzene rings is 2. The normalized spacial score (nSPS) is 10.3. The second-order valence-electron chi connectivity index (χ2n) is 6.74. The molecule has 5 nitrogen and oxygen atoms in total. The number of carbonyl (C=O) groups is 1. The number of rotatable bonds is 5. The van der Waals surface area contributed by atoms with Crippen molar-refractivity contribution in [2.75, 3.05) is 6.54 Å². The molecule has 0 bridgehead atoms. The predicted molar refractivity (Wildman–Crippen MR) is 118 cm³/mol. The first-order valence-electron chi connectivity index (χ1n) is 9.84. The number of hydrogen-bond donors (Lipinski definition) is 2. The Bertz CT molecular complexity index is 1230. The van der Waals surface area contributed by atoms with Gasteiger partial charge in [-0.2, -0.15) is 0 Å². The Balaban J connectivity index is 1.68. The summed E-state index contributed by atoms with van der Waals surface area (Å²) < 4.78 is 6.09. The second kappa shape index (κ2) is 8.97. The summed E-state index contributed by atoms with van der Waals surface area (Å²) in [5.41, 5.74) is 3.29. The maximum Gasteiger partial charge on any atom is 0.296 e. The maximum atomic E-state index is 11.8. The minimum Gasteiger partial charge on any atom is -0.457 e. The van der Waals surface area contributed by atoms with Crippen molar-refractivity contribution >= 4 is 16.9 Å². The zero-order chi connectivity index (χ0) is 20.8. The third kappa shape index (κ3) is 4.34. The molecule has 0 aliphatic heterocycles. The number of fused-ring (bicyclic) bond motifs is 1. The zero-order valence-electron chi connectivity index (χ0n) is 16.6. The molecule has 0 fully saturated rings. The Kier molecular flexibility index (Phi) is 5.77. The molecule has 30 heavy (non-hydrogen) atoms. The van der Waals surface area contributed by atoms with E-state index in [9.17, 15) is 4.79 Å². The van der Waals surface area contributed by atoms with Gasteiger partial charge in [-0.05, 0) is 30.7 Å². The van der Waals surface area contributed by atoms with E-state index in [0.29, 0.717) is 6.54 Å². The molecule has 1 amide bonds. The number of carbonyl (C=O) groups excluding carboxylic acids is 1. The highest BCUT2D eigenvalue weighted by Crippen LogP contribution is 2.34. The molecule has 0 radical (unpaired) electrons.